The largest absolute Gasteiger partial charge is 0.394 e. The summed E-state index contributed by atoms with van der Waals surface area (Å²) in [6.45, 7) is 2.46. The van der Waals surface area contributed by atoms with Crippen molar-refractivity contribution < 1.29 is 14.3 Å². The molecule has 7 heteroatoms. The highest BCUT2D eigenvalue weighted by Crippen LogP contribution is 2.21. The number of nitrogens with one attached hydrogen (secondary N) is 2. The van der Waals surface area contributed by atoms with E-state index in [1.54, 1.807) is 30.1 Å². The van der Waals surface area contributed by atoms with E-state index in [1.165, 1.54) is 6.07 Å². The van der Waals surface area contributed by atoms with Gasteiger partial charge in [-0.15, -0.1) is 0 Å². The van der Waals surface area contributed by atoms with Crippen LogP contribution in [0.15, 0.2) is 30.6 Å². The van der Waals surface area contributed by atoms with Crippen molar-refractivity contribution in [3.8, 4) is 0 Å². The predicted molar refractivity (Wildman–Crippen MR) is 88.3 cm³/mol. The molecular formula is C17H19FN4O2. The molecule has 0 fully saturated rings. The summed E-state index contributed by atoms with van der Waals surface area (Å²) >= 11 is 0. The Bertz CT molecular complexity index is 869. The Hall–Kier alpha value is -2.67. The maximum atomic E-state index is 13.9. The Morgan fingerprint density at radius 3 is 3.08 bits per heavy atom. The topological polar surface area (TPSA) is 82.9 Å². The van der Waals surface area contributed by atoms with Gasteiger partial charge in [-0.25, -0.2) is 4.39 Å². The first-order valence-corrected chi connectivity index (χ1v) is 7.77. The van der Waals surface area contributed by atoms with Crippen molar-refractivity contribution in [2.45, 2.75) is 19.9 Å². The molecule has 0 radical (unpaired) electrons. The summed E-state index contributed by atoms with van der Waals surface area (Å²) in [7, 11) is 0. The van der Waals surface area contributed by atoms with Crippen LogP contribution >= 0.6 is 0 Å². The van der Waals surface area contributed by atoms with E-state index in [2.05, 4.69) is 15.4 Å². The molecule has 2 heterocycles. The summed E-state index contributed by atoms with van der Waals surface area (Å²) < 4.78 is 15.5. The molecule has 0 atom stereocenters. The van der Waals surface area contributed by atoms with E-state index in [1.807, 2.05) is 6.07 Å². The minimum absolute atomic E-state index is 0.0334. The number of fused-ring (bicyclic) bond motifs is 1. The van der Waals surface area contributed by atoms with Crippen molar-refractivity contribution in [2.75, 3.05) is 13.2 Å². The normalized spacial score (nSPS) is 11.1. The van der Waals surface area contributed by atoms with Gasteiger partial charge in [0, 0.05) is 29.8 Å². The highest BCUT2D eigenvalue weighted by molar-refractivity contribution is 5.95. The molecule has 3 rings (SSSR count). The summed E-state index contributed by atoms with van der Waals surface area (Å²) in [5.41, 5.74) is 2.67. The Morgan fingerprint density at radius 2 is 2.29 bits per heavy atom. The summed E-state index contributed by atoms with van der Waals surface area (Å²) in [5, 5.41) is 16.5. The van der Waals surface area contributed by atoms with Crippen molar-refractivity contribution in [1.29, 1.82) is 0 Å². The number of carbonyl (C=O) groups excluding carboxylic acids is 1. The van der Waals surface area contributed by atoms with E-state index < -0.39 is 0 Å². The van der Waals surface area contributed by atoms with E-state index in [4.69, 9.17) is 5.11 Å². The minimum Gasteiger partial charge on any atom is -0.394 e. The lowest BCUT2D eigenvalue weighted by atomic mass is 10.1. The van der Waals surface area contributed by atoms with Crippen molar-refractivity contribution >= 4 is 16.8 Å². The van der Waals surface area contributed by atoms with E-state index in [-0.39, 0.29) is 18.3 Å². The molecule has 3 N–H and O–H groups in total. The predicted octanol–water partition coefficient (Wildman–Crippen LogP) is 1.78. The molecule has 0 spiro atoms. The molecule has 24 heavy (non-hydrogen) atoms. The molecule has 0 aliphatic carbocycles. The summed E-state index contributed by atoms with van der Waals surface area (Å²) in [6, 6.07) is 4.91. The maximum Gasteiger partial charge on any atom is 0.254 e. The van der Waals surface area contributed by atoms with Crippen LogP contribution in [0.2, 0.25) is 0 Å². The van der Waals surface area contributed by atoms with E-state index in [0.29, 0.717) is 36.2 Å². The molecule has 6 nitrogen and oxygen atoms in total. The second kappa shape index (κ2) is 6.84. The lowest BCUT2D eigenvalue weighted by molar-refractivity contribution is 0.0953. The van der Waals surface area contributed by atoms with Gasteiger partial charge in [0.15, 0.2) is 0 Å². The molecule has 0 bridgehead atoms. The van der Waals surface area contributed by atoms with Crippen molar-refractivity contribution in [3.05, 3.63) is 53.2 Å². The smallest absolute Gasteiger partial charge is 0.254 e. The third-order valence-electron chi connectivity index (χ3n) is 3.94. The number of benzene rings is 1. The van der Waals surface area contributed by atoms with Gasteiger partial charge in [-0.3, -0.25) is 9.48 Å². The number of H-pyrrole nitrogens is 1. The van der Waals surface area contributed by atoms with Crippen LogP contribution in [0, 0.1) is 12.7 Å². The highest BCUT2D eigenvalue weighted by Gasteiger charge is 2.14. The first-order valence-electron chi connectivity index (χ1n) is 7.77. The lowest BCUT2D eigenvalue weighted by Crippen LogP contribution is -2.26. The zero-order chi connectivity index (χ0) is 17.1. The third-order valence-corrected chi connectivity index (χ3v) is 3.94. The van der Waals surface area contributed by atoms with Gasteiger partial charge in [0.1, 0.15) is 5.82 Å². The number of rotatable bonds is 6. The van der Waals surface area contributed by atoms with E-state index in [9.17, 15) is 9.18 Å². The van der Waals surface area contributed by atoms with Crippen LogP contribution in [-0.2, 0) is 13.0 Å². The van der Waals surface area contributed by atoms with Gasteiger partial charge in [-0.1, -0.05) is 6.07 Å². The Balaban J connectivity index is 1.64. The number of aromatic amines is 1. The molecule has 126 valence electrons. The van der Waals surface area contributed by atoms with Gasteiger partial charge >= 0.3 is 0 Å². The minimum atomic E-state index is -0.267. The average molecular weight is 330 g/mol. The van der Waals surface area contributed by atoms with Crippen LogP contribution in [0.5, 0.6) is 0 Å². The van der Waals surface area contributed by atoms with Crippen LogP contribution in [-0.4, -0.2) is 38.9 Å². The quantitative estimate of drug-likeness (QED) is 0.644. The van der Waals surface area contributed by atoms with Gasteiger partial charge < -0.3 is 15.4 Å². The fourth-order valence-electron chi connectivity index (χ4n) is 2.77. The van der Waals surface area contributed by atoms with Crippen molar-refractivity contribution in [3.63, 3.8) is 0 Å². The van der Waals surface area contributed by atoms with Gasteiger partial charge in [0.05, 0.1) is 24.4 Å². The summed E-state index contributed by atoms with van der Waals surface area (Å²) in [6.07, 6.45) is 3.91. The number of aliphatic hydroxyl groups excluding tert-OH is 1. The van der Waals surface area contributed by atoms with E-state index >= 15 is 0 Å². The average Bonchev–Trinajstić information content (AvgIpc) is 3.12. The number of carbonyl (C=O) groups is 1. The fourth-order valence-corrected chi connectivity index (χ4v) is 2.77. The third kappa shape index (κ3) is 3.16. The second-order valence-corrected chi connectivity index (χ2v) is 5.60. The molecule has 0 saturated carbocycles. The van der Waals surface area contributed by atoms with Crippen LogP contribution in [0.25, 0.3) is 10.9 Å². The number of amides is 1. The molecule has 0 unspecified atom stereocenters. The Morgan fingerprint density at radius 1 is 1.46 bits per heavy atom. The maximum absolute atomic E-state index is 13.9. The molecule has 0 saturated heterocycles. The molecule has 3 aromatic rings. The number of hydrogen-bond donors (Lipinski definition) is 3. The zero-order valence-corrected chi connectivity index (χ0v) is 13.3. The van der Waals surface area contributed by atoms with Gasteiger partial charge in [0.25, 0.3) is 5.91 Å². The van der Waals surface area contributed by atoms with Crippen LogP contribution < -0.4 is 5.32 Å². The van der Waals surface area contributed by atoms with Gasteiger partial charge in [-0.2, -0.15) is 5.10 Å². The van der Waals surface area contributed by atoms with Gasteiger partial charge in [0.2, 0.25) is 0 Å². The first kappa shape index (κ1) is 16.2. The van der Waals surface area contributed by atoms with Crippen molar-refractivity contribution in [1.82, 2.24) is 20.1 Å². The first-order chi connectivity index (χ1) is 11.6. The van der Waals surface area contributed by atoms with Crippen LogP contribution in [0.4, 0.5) is 4.39 Å². The number of halogens is 1. The summed E-state index contributed by atoms with van der Waals surface area (Å²) in [4.78, 5) is 15.3. The number of hydrogen-bond acceptors (Lipinski definition) is 3. The molecule has 0 aliphatic rings. The number of aryl methyl sites for hydroxylation is 1. The highest BCUT2D eigenvalue weighted by atomic mass is 19.1. The number of aromatic nitrogens is 3. The van der Waals surface area contributed by atoms with Crippen molar-refractivity contribution in [2.24, 2.45) is 0 Å². The Kier molecular flexibility index (Phi) is 4.61. The molecule has 1 aromatic carbocycles. The molecule has 1 amide bonds. The standard InChI is InChI=1S/C17H19FN4O2/c1-11-13(10-22(21-11)7-8-23)17(24)19-6-5-12-9-20-15-4-2-3-14(18)16(12)15/h2-4,9-10,20,23H,5-8H2,1H3,(H,19,24). The van der Waals surface area contributed by atoms with E-state index in [0.717, 1.165) is 11.1 Å². The SMILES string of the molecule is Cc1nn(CCO)cc1C(=O)NCCc1c[nH]c2cccc(F)c12. The molecule has 0 aliphatic heterocycles. The zero-order valence-electron chi connectivity index (χ0n) is 13.3. The lowest BCUT2D eigenvalue weighted by Gasteiger charge is -2.04. The second-order valence-electron chi connectivity index (χ2n) is 5.60. The number of nitrogens with zero attached hydrogens (tertiary/aromatic N) is 2. The molecular weight excluding hydrogens is 311 g/mol. The Labute approximate surface area is 138 Å². The monoisotopic (exact) mass is 330 g/mol. The van der Waals surface area contributed by atoms with Crippen LogP contribution in [0.3, 0.4) is 0 Å². The summed E-state index contributed by atoms with van der Waals surface area (Å²) in [5.74, 6) is -0.492. The molecule has 2 aromatic heterocycles. The van der Waals surface area contributed by atoms with Gasteiger partial charge in [-0.05, 0) is 31.0 Å². The fraction of sp³-hybridized carbons (Fsp3) is 0.294. The number of aliphatic hydroxyl groups is 1. The van der Waals surface area contributed by atoms with Crippen LogP contribution in [0.1, 0.15) is 21.6 Å².